The molecule has 5 heteroatoms. The Morgan fingerprint density at radius 3 is 2.70 bits per heavy atom. The molecule has 0 saturated heterocycles. The minimum Gasteiger partial charge on any atom is -0.481 e. The lowest BCUT2D eigenvalue weighted by atomic mass is 9.89. The summed E-state index contributed by atoms with van der Waals surface area (Å²) in [5, 5.41) is 18.9. The second-order valence-corrected chi connectivity index (χ2v) is 6.14. The Kier molecular flexibility index (Phi) is 9.14. The average molecular weight is 326 g/mol. The molecule has 1 rings (SSSR count). The predicted molar refractivity (Wildman–Crippen MR) is 89.3 cm³/mol. The summed E-state index contributed by atoms with van der Waals surface area (Å²) in [6.07, 6.45) is 10.9. The van der Waals surface area contributed by atoms with E-state index in [0.717, 1.165) is 12.8 Å². The molecule has 1 saturated carbocycles. The SMILES string of the molecule is COC(C)/C=C/[C@H]1C(OC)CC(O)[C@@H]1C/C=C\CCCC(=O)O. The van der Waals surface area contributed by atoms with Gasteiger partial charge in [-0.2, -0.15) is 0 Å². The molecule has 0 radical (unpaired) electrons. The van der Waals surface area contributed by atoms with E-state index >= 15 is 0 Å². The normalized spacial score (nSPS) is 29.6. The fourth-order valence-electron chi connectivity index (χ4n) is 3.04. The fraction of sp³-hybridized carbons (Fsp3) is 0.722. The number of rotatable bonds is 10. The van der Waals surface area contributed by atoms with Crippen LogP contribution < -0.4 is 0 Å². The largest absolute Gasteiger partial charge is 0.481 e. The summed E-state index contributed by atoms with van der Waals surface area (Å²) in [4.78, 5) is 10.5. The summed E-state index contributed by atoms with van der Waals surface area (Å²) in [5.74, 6) is -0.475. The number of aliphatic hydroxyl groups excluding tert-OH is 1. The zero-order chi connectivity index (χ0) is 17.2. The third kappa shape index (κ3) is 6.85. The van der Waals surface area contributed by atoms with Crippen LogP contribution in [-0.4, -0.2) is 48.7 Å². The molecule has 0 heterocycles. The molecule has 1 aliphatic carbocycles. The maximum absolute atomic E-state index is 10.5. The van der Waals surface area contributed by atoms with Crippen molar-refractivity contribution in [2.45, 2.75) is 57.3 Å². The molecule has 132 valence electrons. The van der Waals surface area contributed by atoms with E-state index in [0.29, 0.717) is 12.8 Å². The predicted octanol–water partition coefficient (Wildman–Crippen LogP) is 2.79. The topological polar surface area (TPSA) is 76.0 Å². The number of allylic oxidation sites excluding steroid dienone is 2. The molecular weight excluding hydrogens is 296 g/mol. The number of aliphatic hydroxyl groups is 1. The summed E-state index contributed by atoms with van der Waals surface area (Å²) in [6.45, 7) is 1.97. The number of unbranched alkanes of at least 4 members (excludes halogenated alkanes) is 1. The summed E-state index contributed by atoms with van der Waals surface area (Å²) in [7, 11) is 3.35. The van der Waals surface area contributed by atoms with Crippen molar-refractivity contribution >= 4 is 5.97 Å². The first-order valence-electron chi connectivity index (χ1n) is 8.28. The van der Waals surface area contributed by atoms with Gasteiger partial charge in [-0.15, -0.1) is 0 Å². The van der Waals surface area contributed by atoms with Crippen LogP contribution in [0.5, 0.6) is 0 Å². The molecule has 0 bridgehead atoms. The van der Waals surface area contributed by atoms with E-state index in [-0.39, 0.29) is 36.6 Å². The highest BCUT2D eigenvalue weighted by molar-refractivity contribution is 5.66. The number of hydrogen-bond acceptors (Lipinski definition) is 4. The summed E-state index contributed by atoms with van der Waals surface area (Å²) >= 11 is 0. The number of carboxylic acids is 1. The van der Waals surface area contributed by atoms with Crippen LogP contribution in [0.1, 0.15) is 39.0 Å². The minimum atomic E-state index is -0.759. The lowest BCUT2D eigenvalue weighted by Gasteiger charge is -2.21. The van der Waals surface area contributed by atoms with E-state index in [1.54, 1.807) is 14.2 Å². The van der Waals surface area contributed by atoms with Crippen molar-refractivity contribution in [3.05, 3.63) is 24.3 Å². The highest BCUT2D eigenvalue weighted by atomic mass is 16.5. The van der Waals surface area contributed by atoms with E-state index in [9.17, 15) is 9.90 Å². The Bertz CT molecular complexity index is 404. The van der Waals surface area contributed by atoms with Crippen molar-refractivity contribution in [3.63, 3.8) is 0 Å². The minimum absolute atomic E-state index is 0.0238. The number of methoxy groups -OCH3 is 2. The Morgan fingerprint density at radius 1 is 1.35 bits per heavy atom. The second-order valence-electron chi connectivity index (χ2n) is 6.14. The highest BCUT2D eigenvalue weighted by Crippen LogP contribution is 2.37. The molecule has 0 aliphatic heterocycles. The molecule has 5 nitrogen and oxygen atoms in total. The molecule has 23 heavy (non-hydrogen) atoms. The van der Waals surface area contributed by atoms with Gasteiger partial charge in [-0.25, -0.2) is 0 Å². The van der Waals surface area contributed by atoms with Gasteiger partial charge in [0.25, 0.3) is 0 Å². The number of ether oxygens (including phenoxy) is 2. The van der Waals surface area contributed by atoms with Crippen molar-refractivity contribution in [1.29, 1.82) is 0 Å². The van der Waals surface area contributed by atoms with Crippen molar-refractivity contribution in [1.82, 2.24) is 0 Å². The zero-order valence-corrected chi connectivity index (χ0v) is 14.4. The molecule has 0 amide bonds. The van der Waals surface area contributed by atoms with E-state index in [4.69, 9.17) is 14.6 Å². The molecule has 0 aromatic carbocycles. The van der Waals surface area contributed by atoms with E-state index < -0.39 is 5.97 Å². The third-order valence-electron chi connectivity index (χ3n) is 4.51. The molecular formula is C18H30O5. The number of carbonyl (C=O) groups is 1. The van der Waals surface area contributed by atoms with Crippen molar-refractivity contribution in [3.8, 4) is 0 Å². The molecule has 0 aromatic rings. The summed E-state index contributed by atoms with van der Waals surface area (Å²) < 4.78 is 10.8. The first-order valence-corrected chi connectivity index (χ1v) is 8.28. The van der Waals surface area contributed by atoms with E-state index in [1.165, 1.54) is 0 Å². The Hall–Kier alpha value is -1.17. The second kappa shape index (κ2) is 10.6. The lowest BCUT2D eigenvalue weighted by molar-refractivity contribution is -0.137. The van der Waals surface area contributed by atoms with Gasteiger partial charge in [-0.05, 0) is 32.1 Å². The standard InChI is InChI=1S/C18H30O5/c1-13(22-2)10-11-15-14(16(19)12-17(15)23-3)8-6-4-5-7-9-18(20)21/h4,6,10-11,13-17,19H,5,7-9,12H2,1-3H3,(H,20,21)/b6-4-,11-10+/t13?,14-,15-,16?,17?/m1/s1. The van der Waals surface area contributed by atoms with Crippen LogP contribution in [0.2, 0.25) is 0 Å². The van der Waals surface area contributed by atoms with Gasteiger partial charge in [0.2, 0.25) is 0 Å². The number of hydrogen-bond donors (Lipinski definition) is 2. The maximum Gasteiger partial charge on any atom is 0.303 e. The Labute approximate surface area is 139 Å². The number of carboxylic acid groups (broad SMARTS) is 1. The summed E-state index contributed by atoms with van der Waals surface area (Å²) in [6, 6.07) is 0. The first-order chi connectivity index (χ1) is 11.0. The van der Waals surface area contributed by atoms with Crippen LogP contribution in [0.15, 0.2) is 24.3 Å². The lowest BCUT2D eigenvalue weighted by Crippen LogP contribution is -2.21. The monoisotopic (exact) mass is 326 g/mol. The molecule has 0 aromatic heterocycles. The molecule has 1 fully saturated rings. The van der Waals surface area contributed by atoms with Gasteiger partial charge in [-0.3, -0.25) is 4.79 Å². The van der Waals surface area contributed by atoms with Crippen LogP contribution in [0, 0.1) is 11.8 Å². The van der Waals surface area contributed by atoms with Crippen LogP contribution in [0.3, 0.4) is 0 Å². The fourth-order valence-corrected chi connectivity index (χ4v) is 3.04. The van der Waals surface area contributed by atoms with Gasteiger partial charge in [0, 0.05) is 33.0 Å². The van der Waals surface area contributed by atoms with Gasteiger partial charge in [0.1, 0.15) is 0 Å². The molecule has 0 spiro atoms. The van der Waals surface area contributed by atoms with Crippen LogP contribution >= 0.6 is 0 Å². The van der Waals surface area contributed by atoms with E-state index in [2.05, 4.69) is 6.08 Å². The van der Waals surface area contributed by atoms with Gasteiger partial charge < -0.3 is 19.7 Å². The van der Waals surface area contributed by atoms with Crippen LogP contribution in [0.25, 0.3) is 0 Å². The van der Waals surface area contributed by atoms with Crippen LogP contribution in [0.4, 0.5) is 0 Å². The molecule has 3 unspecified atom stereocenters. The van der Waals surface area contributed by atoms with Gasteiger partial charge in [0.15, 0.2) is 0 Å². The third-order valence-corrected chi connectivity index (χ3v) is 4.51. The van der Waals surface area contributed by atoms with E-state index in [1.807, 2.05) is 25.2 Å². The molecule has 5 atom stereocenters. The zero-order valence-electron chi connectivity index (χ0n) is 14.4. The Balaban J connectivity index is 2.56. The maximum atomic E-state index is 10.5. The molecule has 1 aliphatic rings. The Morgan fingerprint density at radius 2 is 2.09 bits per heavy atom. The van der Waals surface area contributed by atoms with Gasteiger partial charge in [-0.1, -0.05) is 24.3 Å². The highest BCUT2D eigenvalue weighted by Gasteiger charge is 2.40. The van der Waals surface area contributed by atoms with Crippen molar-refractivity contribution < 1.29 is 24.5 Å². The smallest absolute Gasteiger partial charge is 0.303 e. The van der Waals surface area contributed by atoms with Crippen molar-refractivity contribution in [2.75, 3.05) is 14.2 Å². The molecule has 2 N–H and O–H groups in total. The van der Waals surface area contributed by atoms with Gasteiger partial charge >= 0.3 is 5.97 Å². The summed E-state index contributed by atoms with van der Waals surface area (Å²) in [5.41, 5.74) is 0. The average Bonchev–Trinajstić information content (AvgIpc) is 2.83. The van der Waals surface area contributed by atoms with Crippen LogP contribution in [-0.2, 0) is 14.3 Å². The van der Waals surface area contributed by atoms with Gasteiger partial charge in [0.05, 0.1) is 18.3 Å². The quantitative estimate of drug-likeness (QED) is 0.477. The van der Waals surface area contributed by atoms with Crippen molar-refractivity contribution in [2.24, 2.45) is 11.8 Å². The number of aliphatic carboxylic acids is 1. The first kappa shape index (κ1) is 19.9.